The number of carbonyl (C=O) groups is 2. The van der Waals surface area contributed by atoms with Crippen molar-refractivity contribution in [1.29, 1.82) is 0 Å². The molecule has 9 nitrogen and oxygen atoms in total. The molecule has 5 rings (SSSR count). The molecule has 3 aromatic rings. The summed E-state index contributed by atoms with van der Waals surface area (Å²) < 4.78 is 37.3. The molecule has 1 aliphatic carbocycles. The first-order valence-electron chi connectivity index (χ1n) is 15.0. The molecule has 1 aromatic heterocycles. The van der Waals surface area contributed by atoms with Crippen LogP contribution in [-0.4, -0.2) is 66.7 Å². The fourth-order valence-electron chi connectivity index (χ4n) is 6.37. The lowest BCUT2D eigenvalue weighted by Crippen LogP contribution is -2.53. The number of sulfonamides is 1. The second kappa shape index (κ2) is 13.0. The highest BCUT2D eigenvalue weighted by Crippen LogP contribution is 2.38. The zero-order valence-corrected chi connectivity index (χ0v) is 26.5. The number of aliphatic carboxylic acids is 1. The Morgan fingerprint density at radius 2 is 1.79 bits per heavy atom. The molecule has 1 unspecified atom stereocenters. The molecule has 2 N–H and O–H groups in total. The number of nitrogens with zero attached hydrogens (tertiary/aromatic N) is 2. The first-order valence-corrected chi connectivity index (χ1v) is 16.8. The lowest BCUT2D eigenvalue weighted by Gasteiger charge is -2.41. The number of aromatic nitrogens is 1. The molecule has 2 aromatic carbocycles. The molecule has 1 saturated heterocycles. The fraction of sp³-hybridized carbons (Fsp3) is 0.500. The molecule has 2 heterocycles. The molecule has 11 heteroatoms. The summed E-state index contributed by atoms with van der Waals surface area (Å²) in [6, 6.07) is 12.4. The Kier molecular flexibility index (Phi) is 9.51. The number of ether oxygens (including phenoxy) is 1. The predicted octanol–water partition coefficient (Wildman–Crippen LogP) is 5.24. The molecule has 2 aliphatic rings. The molecule has 1 saturated carbocycles. The molecule has 1 atom stereocenters. The van der Waals surface area contributed by atoms with E-state index in [2.05, 4.69) is 18.6 Å². The Morgan fingerprint density at radius 3 is 2.44 bits per heavy atom. The van der Waals surface area contributed by atoms with Gasteiger partial charge in [-0.25, -0.2) is 13.1 Å². The van der Waals surface area contributed by atoms with Gasteiger partial charge in [-0.15, -0.1) is 0 Å². The molecule has 1 amide bonds. The Morgan fingerprint density at radius 1 is 1.09 bits per heavy atom. The minimum absolute atomic E-state index is 0.0617. The lowest BCUT2D eigenvalue weighted by atomic mass is 9.85. The van der Waals surface area contributed by atoms with E-state index in [1.54, 1.807) is 18.2 Å². The van der Waals surface area contributed by atoms with Crippen LogP contribution in [0.3, 0.4) is 0 Å². The zero-order chi connectivity index (χ0) is 30.9. The van der Waals surface area contributed by atoms with Gasteiger partial charge in [-0.3, -0.25) is 9.59 Å². The minimum Gasteiger partial charge on any atom is -0.481 e. The summed E-state index contributed by atoms with van der Waals surface area (Å²) in [5.74, 6) is -0.449. The van der Waals surface area contributed by atoms with E-state index in [9.17, 15) is 18.0 Å². The summed E-state index contributed by atoms with van der Waals surface area (Å²) >= 11 is 6.78. The van der Waals surface area contributed by atoms with Crippen LogP contribution < -0.4 is 4.72 Å². The third kappa shape index (κ3) is 6.77. The molecule has 0 bridgehead atoms. The third-order valence-corrected chi connectivity index (χ3v) is 10.8. The number of rotatable bonds is 9. The first-order chi connectivity index (χ1) is 20.5. The number of benzene rings is 2. The number of nitrogens with one attached hydrogen (secondary N) is 1. The molecule has 1 aliphatic heterocycles. The zero-order valence-electron chi connectivity index (χ0n) is 24.9. The Labute approximate surface area is 258 Å². The first kappa shape index (κ1) is 31.5. The molecular formula is C32H40ClN3O6S. The SMILES string of the molecule is CC(C)C1COCCN1C(=O)C1CCC(NS(=O)(=O)c2ccc3c(Cl)c(-c4ccc(CCC(=O)O)cc4)n(C)c3c2)CC1. The summed E-state index contributed by atoms with van der Waals surface area (Å²) in [5, 5.41) is 10.2. The maximum atomic E-state index is 13.5. The number of morpholine rings is 1. The van der Waals surface area contributed by atoms with Gasteiger partial charge in [-0.1, -0.05) is 49.7 Å². The van der Waals surface area contributed by atoms with Crippen molar-refractivity contribution in [3.63, 3.8) is 0 Å². The molecule has 0 radical (unpaired) electrons. The maximum absolute atomic E-state index is 13.5. The Hall–Kier alpha value is -2.92. The van der Waals surface area contributed by atoms with Gasteiger partial charge < -0.3 is 19.3 Å². The average Bonchev–Trinajstić information content (AvgIpc) is 3.25. The number of halogens is 1. The van der Waals surface area contributed by atoms with Crippen LogP contribution in [0.5, 0.6) is 0 Å². The maximum Gasteiger partial charge on any atom is 0.303 e. The van der Waals surface area contributed by atoms with Crippen LogP contribution in [0.1, 0.15) is 51.5 Å². The highest BCUT2D eigenvalue weighted by Gasteiger charge is 2.36. The molecule has 0 spiro atoms. The van der Waals surface area contributed by atoms with E-state index in [0.29, 0.717) is 68.3 Å². The van der Waals surface area contributed by atoms with E-state index >= 15 is 0 Å². The summed E-state index contributed by atoms with van der Waals surface area (Å²) in [5.41, 5.74) is 3.22. The van der Waals surface area contributed by atoms with Crippen molar-refractivity contribution in [3.05, 3.63) is 53.1 Å². The fourth-order valence-corrected chi connectivity index (χ4v) is 8.09. The largest absolute Gasteiger partial charge is 0.481 e. The predicted molar refractivity (Wildman–Crippen MR) is 167 cm³/mol. The molecular weight excluding hydrogens is 590 g/mol. The smallest absolute Gasteiger partial charge is 0.303 e. The van der Waals surface area contributed by atoms with Gasteiger partial charge >= 0.3 is 5.97 Å². The number of carboxylic acid groups (broad SMARTS) is 1. The van der Waals surface area contributed by atoms with Crippen molar-refractivity contribution in [2.24, 2.45) is 18.9 Å². The van der Waals surface area contributed by atoms with Crippen molar-refractivity contribution in [3.8, 4) is 11.3 Å². The highest BCUT2D eigenvalue weighted by atomic mass is 35.5. The topological polar surface area (TPSA) is 118 Å². The average molecular weight is 630 g/mol. The van der Waals surface area contributed by atoms with E-state index in [0.717, 1.165) is 22.2 Å². The standard InChI is InChI=1S/C32H40ClN3O6S/c1-20(2)28-19-42-17-16-36(28)32(39)23-9-11-24(12-10-23)34-43(40,41)25-13-14-26-27(18-25)35(3)31(30(26)33)22-7-4-21(5-8-22)6-15-29(37)38/h4-5,7-8,13-14,18,20,23-24,28,34H,6,9-12,15-17,19H2,1-3H3,(H,37,38). The Balaban J connectivity index is 1.27. The third-order valence-electron chi connectivity index (χ3n) is 8.89. The number of hydrogen-bond donors (Lipinski definition) is 2. The number of aryl methyl sites for hydroxylation is 2. The van der Waals surface area contributed by atoms with Gasteiger partial charge in [0, 0.05) is 37.4 Å². The lowest BCUT2D eigenvalue weighted by molar-refractivity contribution is -0.147. The van der Waals surface area contributed by atoms with Gasteiger partial charge in [0.1, 0.15) is 0 Å². The molecule has 2 fully saturated rings. The van der Waals surface area contributed by atoms with Crippen LogP contribution in [0, 0.1) is 11.8 Å². The highest BCUT2D eigenvalue weighted by molar-refractivity contribution is 7.89. The van der Waals surface area contributed by atoms with Crippen molar-refractivity contribution in [2.45, 2.75) is 69.4 Å². The summed E-state index contributed by atoms with van der Waals surface area (Å²) in [7, 11) is -1.95. The van der Waals surface area contributed by atoms with Crippen LogP contribution in [0.2, 0.25) is 5.02 Å². The molecule has 232 valence electrons. The van der Waals surface area contributed by atoms with Gasteiger partial charge in [0.05, 0.1) is 40.4 Å². The van der Waals surface area contributed by atoms with Crippen LogP contribution in [0.25, 0.3) is 22.2 Å². The van der Waals surface area contributed by atoms with Gasteiger partial charge in [-0.2, -0.15) is 0 Å². The van der Waals surface area contributed by atoms with Crippen LogP contribution >= 0.6 is 11.6 Å². The monoisotopic (exact) mass is 629 g/mol. The number of hydrogen-bond acceptors (Lipinski definition) is 5. The van der Waals surface area contributed by atoms with Gasteiger partial charge in [-0.05, 0) is 67.3 Å². The normalized spacial score (nSPS) is 21.4. The van der Waals surface area contributed by atoms with Gasteiger partial charge in [0.2, 0.25) is 15.9 Å². The molecule has 43 heavy (non-hydrogen) atoms. The number of amides is 1. The Bertz CT molecular complexity index is 1590. The van der Waals surface area contributed by atoms with Crippen molar-refractivity contribution in [2.75, 3.05) is 19.8 Å². The minimum atomic E-state index is -3.80. The summed E-state index contributed by atoms with van der Waals surface area (Å²) in [6.07, 6.45) is 3.02. The van der Waals surface area contributed by atoms with Crippen molar-refractivity contribution in [1.82, 2.24) is 14.2 Å². The number of carboxylic acids is 1. The second-order valence-electron chi connectivity index (χ2n) is 12.1. The van der Waals surface area contributed by atoms with Crippen molar-refractivity contribution < 1.29 is 27.9 Å². The van der Waals surface area contributed by atoms with Crippen LogP contribution in [-0.2, 0) is 37.8 Å². The van der Waals surface area contributed by atoms with E-state index in [1.807, 2.05) is 40.8 Å². The number of fused-ring (bicyclic) bond motifs is 1. The van der Waals surface area contributed by atoms with Crippen molar-refractivity contribution >= 4 is 44.4 Å². The van der Waals surface area contributed by atoms with Crippen LogP contribution in [0.4, 0.5) is 0 Å². The van der Waals surface area contributed by atoms with E-state index in [-0.39, 0.29) is 35.2 Å². The second-order valence-corrected chi connectivity index (χ2v) is 14.2. The van der Waals surface area contributed by atoms with E-state index < -0.39 is 16.0 Å². The summed E-state index contributed by atoms with van der Waals surface area (Å²) in [4.78, 5) is 26.4. The van der Waals surface area contributed by atoms with Gasteiger partial charge in [0.25, 0.3) is 0 Å². The quantitative estimate of drug-likeness (QED) is 0.334. The number of carbonyl (C=O) groups excluding carboxylic acids is 1. The van der Waals surface area contributed by atoms with E-state index in [4.69, 9.17) is 21.4 Å². The summed E-state index contributed by atoms with van der Waals surface area (Å²) in [6.45, 7) is 5.95. The van der Waals surface area contributed by atoms with E-state index in [1.165, 1.54) is 0 Å². The van der Waals surface area contributed by atoms with Gasteiger partial charge in [0.15, 0.2) is 0 Å². The van der Waals surface area contributed by atoms with Crippen LogP contribution in [0.15, 0.2) is 47.4 Å².